The number of aromatic nitrogens is 1. The second-order valence-electron chi connectivity index (χ2n) is 9.47. The number of halogens is 2. The average Bonchev–Trinajstić information content (AvgIpc) is 3.52. The minimum atomic E-state index is -0.852. The molecule has 0 N–H and O–H groups in total. The Bertz CT molecular complexity index is 1870. The minimum Gasteiger partial charge on any atom is -0.497 e. The molecule has 212 valence electrons. The van der Waals surface area contributed by atoms with Crippen molar-refractivity contribution in [1.29, 1.82) is 0 Å². The first-order chi connectivity index (χ1) is 19.6. The molecule has 5 rings (SSSR count). The van der Waals surface area contributed by atoms with Gasteiger partial charge in [-0.3, -0.25) is 9.36 Å². The highest BCUT2D eigenvalue weighted by Gasteiger charge is 2.35. The van der Waals surface area contributed by atoms with Crippen LogP contribution in [0.1, 0.15) is 38.1 Å². The fraction of sp³-hybridized carbons (Fsp3) is 0.233. The van der Waals surface area contributed by atoms with Gasteiger partial charge in [0.05, 0.1) is 36.1 Å². The lowest BCUT2D eigenvalue weighted by atomic mass is 9.94. The predicted octanol–water partition coefficient (Wildman–Crippen LogP) is 5.99. The summed E-state index contributed by atoms with van der Waals surface area (Å²) in [7, 11) is 3.09. The lowest BCUT2D eigenvalue weighted by molar-refractivity contribution is -0.143. The molecule has 4 aromatic rings. The van der Waals surface area contributed by atoms with Crippen molar-refractivity contribution < 1.29 is 23.4 Å². The molecule has 0 radical (unpaired) electrons. The molecule has 0 saturated heterocycles. The van der Waals surface area contributed by atoms with Crippen molar-refractivity contribution in [3.63, 3.8) is 0 Å². The van der Waals surface area contributed by atoms with Crippen LogP contribution in [0, 0.1) is 0 Å². The normalized spacial score (nSPS) is 15.1. The Hall–Kier alpha value is -3.41. The van der Waals surface area contributed by atoms with E-state index in [2.05, 4.69) is 36.9 Å². The molecule has 0 fully saturated rings. The molecule has 0 amide bonds. The molecule has 41 heavy (non-hydrogen) atoms. The topological polar surface area (TPSA) is 92.3 Å². The number of fused-ring (bicyclic) bond motifs is 1. The zero-order valence-corrected chi connectivity index (χ0v) is 26.8. The van der Waals surface area contributed by atoms with E-state index >= 15 is 0 Å². The number of carbonyl (C=O) groups is 1. The van der Waals surface area contributed by atoms with E-state index in [1.54, 1.807) is 58.2 Å². The van der Waals surface area contributed by atoms with Gasteiger partial charge in [-0.05, 0) is 69.3 Å². The van der Waals surface area contributed by atoms with Crippen molar-refractivity contribution in [2.75, 3.05) is 14.2 Å². The zero-order valence-electron chi connectivity index (χ0n) is 22.9. The summed E-state index contributed by atoms with van der Waals surface area (Å²) in [5.41, 5.74) is 1.83. The maximum absolute atomic E-state index is 14.0. The zero-order chi connectivity index (χ0) is 29.4. The monoisotopic (exact) mass is 700 g/mol. The molecule has 1 aliphatic rings. The summed E-state index contributed by atoms with van der Waals surface area (Å²) >= 11 is 8.28. The molecule has 0 saturated carbocycles. The number of nitrogens with zero attached hydrogens (tertiary/aromatic N) is 2. The molecule has 8 nitrogen and oxygen atoms in total. The first kappa shape index (κ1) is 29.1. The van der Waals surface area contributed by atoms with Gasteiger partial charge in [-0.25, -0.2) is 9.79 Å². The van der Waals surface area contributed by atoms with E-state index in [0.717, 1.165) is 14.5 Å². The molecule has 11 heteroatoms. The molecule has 0 spiro atoms. The summed E-state index contributed by atoms with van der Waals surface area (Å²) in [5, 5.41) is 0. The Morgan fingerprint density at radius 2 is 1.88 bits per heavy atom. The van der Waals surface area contributed by atoms with Gasteiger partial charge >= 0.3 is 5.97 Å². The Kier molecular flexibility index (Phi) is 8.40. The summed E-state index contributed by atoms with van der Waals surface area (Å²) in [6.45, 7) is 5.28. The van der Waals surface area contributed by atoms with Crippen molar-refractivity contribution in [2.24, 2.45) is 4.99 Å². The second kappa shape index (κ2) is 11.8. The summed E-state index contributed by atoms with van der Waals surface area (Å²) < 4.78 is 26.5. The van der Waals surface area contributed by atoms with Crippen LogP contribution >= 0.6 is 43.2 Å². The van der Waals surface area contributed by atoms with E-state index in [1.165, 1.54) is 23.0 Å². The Labute approximate surface area is 256 Å². The van der Waals surface area contributed by atoms with Gasteiger partial charge in [0.25, 0.3) is 5.56 Å². The molecular formula is C30H26Br2N2O6S. The minimum absolute atomic E-state index is 0.254. The van der Waals surface area contributed by atoms with Gasteiger partial charge in [-0.15, -0.1) is 0 Å². The van der Waals surface area contributed by atoms with E-state index in [9.17, 15) is 9.59 Å². The van der Waals surface area contributed by atoms with Crippen LogP contribution in [-0.4, -0.2) is 30.9 Å². The number of thiazole rings is 1. The molecule has 1 atom stereocenters. The number of methoxy groups -OCH3 is 2. The van der Waals surface area contributed by atoms with E-state index < -0.39 is 12.0 Å². The Morgan fingerprint density at radius 1 is 1.10 bits per heavy atom. The first-order valence-corrected chi connectivity index (χ1v) is 15.0. The van der Waals surface area contributed by atoms with Gasteiger partial charge in [-0.1, -0.05) is 43.2 Å². The van der Waals surface area contributed by atoms with Crippen LogP contribution in [0.5, 0.6) is 11.5 Å². The number of allylic oxidation sites excluding steroid dienone is 1. The third kappa shape index (κ3) is 5.71. The predicted molar refractivity (Wildman–Crippen MR) is 164 cm³/mol. The van der Waals surface area contributed by atoms with Crippen molar-refractivity contribution in [1.82, 2.24) is 4.57 Å². The number of benzene rings is 2. The molecule has 2 aromatic heterocycles. The van der Waals surface area contributed by atoms with Crippen LogP contribution in [0.15, 0.2) is 83.0 Å². The van der Waals surface area contributed by atoms with E-state index in [4.69, 9.17) is 18.6 Å². The molecule has 3 heterocycles. The van der Waals surface area contributed by atoms with Gasteiger partial charge in [0.15, 0.2) is 4.80 Å². The molecular weight excluding hydrogens is 676 g/mol. The standard InChI is InChI=1S/C30H26Br2N2O6S/c1-15(2)39-29(36)26-16(3)33-30-34(27(26)21-13-18(37-4)7-10-23(21)38-5)28(35)25(41-30)14-19-8-11-24(40-19)20-12-17(31)6-9-22(20)32/h6-15,27H,1-5H3/b25-14-/t27-/m0/s1. The van der Waals surface area contributed by atoms with Crippen LogP contribution in [0.3, 0.4) is 0 Å². The fourth-order valence-electron chi connectivity index (χ4n) is 4.60. The number of rotatable bonds is 7. The van der Waals surface area contributed by atoms with Gasteiger partial charge in [0.2, 0.25) is 0 Å². The molecule has 0 bridgehead atoms. The third-order valence-corrected chi connectivity index (χ3v) is 8.58. The summed E-state index contributed by atoms with van der Waals surface area (Å²) in [6.07, 6.45) is 1.32. The van der Waals surface area contributed by atoms with Gasteiger partial charge in [0, 0.05) is 26.1 Å². The highest BCUT2D eigenvalue weighted by molar-refractivity contribution is 9.11. The van der Waals surface area contributed by atoms with E-state index in [-0.39, 0.29) is 17.2 Å². The average molecular weight is 702 g/mol. The summed E-state index contributed by atoms with van der Waals surface area (Å²) in [4.78, 5) is 32.5. The maximum atomic E-state index is 14.0. The number of hydrogen-bond acceptors (Lipinski definition) is 8. The highest BCUT2D eigenvalue weighted by atomic mass is 79.9. The summed E-state index contributed by atoms with van der Waals surface area (Å²) in [6, 6.07) is 13.9. The van der Waals surface area contributed by atoms with Gasteiger partial charge in [0.1, 0.15) is 29.1 Å². The number of furan rings is 1. The van der Waals surface area contributed by atoms with Crippen LogP contribution in [0.25, 0.3) is 17.4 Å². The second-order valence-corrected chi connectivity index (χ2v) is 12.2. The molecule has 1 aliphatic heterocycles. The SMILES string of the molecule is COc1ccc(OC)c([C@H]2C(C(=O)OC(C)C)=C(C)N=c3s/c(=C\c4ccc(-c5cc(Br)ccc5Br)o4)c(=O)n32)c1. The lowest BCUT2D eigenvalue weighted by Crippen LogP contribution is -2.40. The third-order valence-electron chi connectivity index (χ3n) is 6.41. The smallest absolute Gasteiger partial charge is 0.338 e. The Morgan fingerprint density at radius 3 is 2.59 bits per heavy atom. The Balaban J connectivity index is 1.69. The molecule has 0 aliphatic carbocycles. The fourth-order valence-corrected chi connectivity index (χ4v) is 6.43. The van der Waals surface area contributed by atoms with Crippen molar-refractivity contribution in [2.45, 2.75) is 32.9 Å². The number of ether oxygens (including phenoxy) is 3. The highest BCUT2D eigenvalue weighted by Crippen LogP contribution is 2.38. The molecule has 2 aromatic carbocycles. The number of carbonyl (C=O) groups excluding carboxylic acids is 1. The van der Waals surface area contributed by atoms with E-state index in [0.29, 0.717) is 43.6 Å². The van der Waals surface area contributed by atoms with Crippen LogP contribution in [-0.2, 0) is 9.53 Å². The van der Waals surface area contributed by atoms with Crippen LogP contribution < -0.4 is 24.4 Å². The van der Waals surface area contributed by atoms with Gasteiger partial charge in [-0.2, -0.15) is 0 Å². The first-order valence-electron chi connectivity index (χ1n) is 12.6. The number of hydrogen-bond donors (Lipinski definition) is 0. The van der Waals surface area contributed by atoms with E-state index in [1.807, 2.05) is 24.3 Å². The lowest BCUT2D eigenvalue weighted by Gasteiger charge is -2.26. The summed E-state index contributed by atoms with van der Waals surface area (Å²) in [5.74, 6) is 1.63. The maximum Gasteiger partial charge on any atom is 0.338 e. The van der Waals surface area contributed by atoms with Crippen LogP contribution in [0.4, 0.5) is 0 Å². The van der Waals surface area contributed by atoms with Crippen molar-refractivity contribution >= 4 is 55.2 Å². The number of esters is 1. The quantitative estimate of drug-likeness (QED) is 0.220. The van der Waals surface area contributed by atoms with Crippen molar-refractivity contribution in [3.05, 3.63) is 99.8 Å². The van der Waals surface area contributed by atoms with Gasteiger partial charge < -0.3 is 18.6 Å². The van der Waals surface area contributed by atoms with Crippen molar-refractivity contribution in [3.8, 4) is 22.8 Å². The van der Waals surface area contributed by atoms with Crippen LogP contribution in [0.2, 0.25) is 0 Å². The largest absolute Gasteiger partial charge is 0.497 e. The molecule has 0 unspecified atom stereocenters.